The normalized spacial score (nSPS) is 15.7. The summed E-state index contributed by atoms with van der Waals surface area (Å²) in [5, 5.41) is 7.41. The Balaban J connectivity index is 4.76. The van der Waals surface area contributed by atoms with Crippen LogP contribution in [0.1, 0.15) is 20.8 Å². The van der Waals surface area contributed by atoms with Gasteiger partial charge < -0.3 is 5.41 Å². The van der Waals surface area contributed by atoms with Gasteiger partial charge in [-0.25, -0.2) is 0 Å². The maximum atomic E-state index is 7.41. The molecule has 0 heterocycles. The largest absolute Gasteiger partial charge is 0.312 e. The Kier molecular flexibility index (Phi) is 4.39. The Morgan fingerprint density at radius 1 is 1.46 bits per heavy atom. The van der Waals surface area contributed by atoms with Crippen LogP contribution < -0.4 is 0 Å². The molecule has 0 aromatic carbocycles. The van der Waals surface area contributed by atoms with Gasteiger partial charge in [0.25, 0.3) is 0 Å². The van der Waals surface area contributed by atoms with Gasteiger partial charge >= 0.3 is 0 Å². The van der Waals surface area contributed by atoms with E-state index >= 15 is 0 Å². The summed E-state index contributed by atoms with van der Waals surface area (Å²) in [6, 6.07) is 0. The van der Waals surface area contributed by atoms with Gasteiger partial charge in [-0.15, -0.1) is 0 Å². The summed E-state index contributed by atoms with van der Waals surface area (Å²) in [7, 11) is 0. The highest BCUT2D eigenvalue weighted by molar-refractivity contribution is 5.68. The van der Waals surface area contributed by atoms with Crippen LogP contribution in [0.25, 0.3) is 0 Å². The standard InChI is InChI=1S/C12H19N/c1-6-7-8-11(4)12(5,9-13)10(2)3/h6-10,13H,1,4H2,2-3,5H3/b8-7-,13-9?/t12-/m1/s1. The van der Waals surface area contributed by atoms with E-state index in [4.69, 9.17) is 5.41 Å². The third-order valence-corrected chi connectivity index (χ3v) is 2.62. The van der Waals surface area contributed by atoms with Gasteiger partial charge in [-0.2, -0.15) is 0 Å². The molecule has 13 heavy (non-hydrogen) atoms. The molecule has 0 saturated carbocycles. The van der Waals surface area contributed by atoms with Gasteiger partial charge in [0.15, 0.2) is 0 Å². The van der Waals surface area contributed by atoms with Crippen LogP contribution in [-0.4, -0.2) is 6.21 Å². The van der Waals surface area contributed by atoms with Crippen molar-refractivity contribution in [2.24, 2.45) is 11.3 Å². The molecule has 1 heteroatoms. The van der Waals surface area contributed by atoms with Crippen LogP contribution in [0.15, 0.2) is 37.0 Å². The van der Waals surface area contributed by atoms with Crippen LogP contribution in [0.5, 0.6) is 0 Å². The number of hydrogen-bond donors (Lipinski definition) is 1. The lowest BCUT2D eigenvalue weighted by atomic mass is 9.74. The first-order valence-corrected chi connectivity index (χ1v) is 4.49. The van der Waals surface area contributed by atoms with Crippen LogP contribution >= 0.6 is 0 Å². The van der Waals surface area contributed by atoms with E-state index in [1.54, 1.807) is 6.08 Å². The van der Waals surface area contributed by atoms with E-state index in [0.29, 0.717) is 5.92 Å². The molecular weight excluding hydrogens is 158 g/mol. The smallest absolute Gasteiger partial charge is 0.0288 e. The maximum absolute atomic E-state index is 7.41. The molecule has 0 aromatic rings. The molecule has 1 N–H and O–H groups in total. The molecule has 0 fully saturated rings. The van der Waals surface area contributed by atoms with E-state index in [9.17, 15) is 0 Å². The van der Waals surface area contributed by atoms with Gasteiger partial charge in [0, 0.05) is 11.6 Å². The van der Waals surface area contributed by atoms with Crippen molar-refractivity contribution in [3.8, 4) is 0 Å². The van der Waals surface area contributed by atoms with Crippen molar-refractivity contribution < 1.29 is 0 Å². The van der Waals surface area contributed by atoms with Crippen LogP contribution in [0.2, 0.25) is 0 Å². The fourth-order valence-corrected chi connectivity index (χ4v) is 0.994. The van der Waals surface area contributed by atoms with Crippen LogP contribution in [0, 0.1) is 16.7 Å². The maximum Gasteiger partial charge on any atom is 0.0288 e. The first kappa shape index (κ1) is 11.9. The molecule has 0 rings (SSSR count). The lowest BCUT2D eigenvalue weighted by molar-refractivity contribution is 0.406. The first-order chi connectivity index (χ1) is 5.99. The Morgan fingerprint density at radius 3 is 2.31 bits per heavy atom. The van der Waals surface area contributed by atoms with Gasteiger partial charge in [0.2, 0.25) is 0 Å². The van der Waals surface area contributed by atoms with E-state index in [0.717, 1.165) is 5.57 Å². The summed E-state index contributed by atoms with van der Waals surface area (Å²) in [5.41, 5.74) is 0.719. The Bertz CT molecular complexity index is 236. The molecule has 0 amide bonds. The molecule has 0 aliphatic heterocycles. The fourth-order valence-electron chi connectivity index (χ4n) is 0.994. The second-order valence-corrected chi connectivity index (χ2v) is 3.70. The summed E-state index contributed by atoms with van der Waals surface area (Å²) >= 11 is 0. The SMILES string of the molecule is C=C/C=C\C(=C)[C@](C)(C=N)C(C)C. The number of nitrogens with one attached hydrogen (secondary N) is 1. The molecule has 1 nitrogen and oxygen atoms in total. The first-order valence-electron chi connectivity index (χ1n) is 4.49. The van der Waals surface area contributed by atoms with E-state index in [1.807, 2.05) is 19.1 Å². The molecule has 72 valence electrons. The molecule has 0 unspecified atom stereocenters. The summed E-state index contributed by atoms with van der Waals surface area (Å²) in [6.45, 7) is 13.8. The zero-order valence-corrected chi connectivity index (χ0v) is 8.80. The highest BCUT2D eigenvalue weighted by atomic mass is 14.4. The highest BCUT2D eigenvalue weighted by Gasteiger charge is 2.27. The van der Waals surface area contributed by atoms with Gasteiger partial charge in [0.1, 0.15) is 0 Å². The Labute approximate surface area is 81.4 Å². The predicted octanol–water partition coefficient (Wildman–Crippen LogP) is 3.60. The lowest BCUT2D eigenvalue weighted by Crippen LogP contribution is -2.26. The highest BCUT2D eigenvalue weighted by Crippen LogP contribution is 2.32. The molecule has 0 bridgehead atoms. The topological polar surface area (TPSA) is 23.9 Å². The van der Waals surface area contributed by atoms with E-state index in [1.165, 1.54) is 6.21 Å². The van der Waals surface area contributed by atoms with E-state index in [2.05, 4.69) is 27.0 Å². The summed E-state index contributed by atoms with van der Waals surface area (Å²) in [6.07, 6.45) is 6.95. The molecule has 0 aromatic heterocycles. The molecular formula is C12H19N. The average molecular weight is 177 g/mol. The van der Waals surface area contributed by atoms with Crippen LogP contribution in [0.4, 0.5) is 0 Å². The second-order valence-electron chi connectivity index (χ2n) is 3.70. The quantitative estimate of drug-likeness (QED) is 0.490. The van der Waals surface area contributed by atoms with Gasteiger partial charge in [-0.3, -0.25) is 0 Å². The molecule has 0 aliphatic rings. The van der Waals surface area contributed by atoms with E-state index in [-0.39, 0.29) is 5.41 Å². The minimum Gasteiger partial charge on any atom is -0.312 e. The minimum atomic E-state index is -0.237. The van der Waals surface area contributed by atoms with Crippen molar-refractivity contribution in [1.29, 1.82) is 5.41 Å². The number of hydrogen-bond acceptors (Lipinski definition) is 1. The fraction of sp³-hybridized carbons (Fsp3) is 0.417. The molecule has 0 saturated heterocycles. The van der Waals surface area contributed by atoms with Crippen molar-refractivity contribution in [2.45, 2.75) is 20.8 Å². The zero-order chi connectivity index (χ0) is 10.5. The predicted molar refractivity (Wildman–Crippen MR) is 60.2 cm³/mol. The lowest BCUT2D eigenvalue weighted by Gasteiger charge is -2.29. The van der Waals surface area contributed by atoms with Crippen molar-refractivity contribution in [1.82, 2.24) is 0 Å². The monoisotopic (exact) mass is 177 g/mol. The van der Waals surface area contributed by atoms with Crippen LogP contribution in [0.3, 0.4) is 0 Å². The van der Waals surface area contributed by atoms with Gasteiger partial charge in [-0.1, -0.05) is 52.2 Å². The van der Waals surface area contributed by atoms with Crippen LogP contribution in [-0.2, 0) is 0 Å². The van der Waals surface area contributed by atoms with Gasteiger partial charge in [-0.05, 0) is 11.5 Å². The van der Waals surface area contributed by atoms with Crippen molar-refractivity contribution in [2.75, 3.05) is 0 Å². The molecule has 0 aliphatic carbocycles. The molecule has 1 atom stereocenters. The van der Waals surface area contributed by atoms with Gasteiger partial charge in [0.05, 0.1) is 0 Å². The molecule has 0 spiro atoms. The van der Waals surface area contributed by atoms with Crippen molar-refractivity contribution in [3.63, 3.8) is 0 Å². The zero-order valence-electron chi connectivity index (χ0n) is 8.80. The summed E-state index contributed by atoms with van der Waals surface area (Å²) in [5.74, 6) is 0.381. The van der Waals surface area contributed by atoms with Crippen molar-refractivity contribution >= 4 is 6.21 Å². The third kappa shape index (κ3) is 2.69. The Hall–Kier alpha value is -1.11. The average Bonchev–Trinajstić information content (AvgIpc) is 2.12. The minimum absolute atomic E-state index is 0.237. The molecule has 0 radical (unpaired) electrons. The Morgan fingerprint density at radius 2 is 2.00 bits per heavy atom. The van der Waals surface area contributed by atoms with E-state index < -0.39 is 0 Å². The second kappa shape index (κ2) is 4.80. The number of allylic oxidation sites excluding steroid dienone is 4. The van der Waals surface area contributed by atoms with Crippen molar-refractivity contribution in [3.05, 3.63) is 37.0 Å². The third-order valence-electron chi connectivity index (χ3n) is 2.62. The summed E-state index contributed by atoms with van der Waals surface area (Å²) < 4.78 is 0. The number of rotatable bonds is 5. The summed E-state index contributed by atoms with van der Waals surface area (Å²) in [4.78, 5) is 0.